The van der Waals surface area contributed by atoms with E-state index in [9.17, 15) is 4.79 Å². The number of halogens is 1. The minimum atomic E-state index is -0.283. The van der Waals surface area contributed by atoms with Gasteiger partial charge in [0.25, 0.3) is 0 Å². The quantitative estimate of drug-likeness (QED) is 0.754. The third-order valence-electron chi connectivity index (χ3n) is 2.94. The molecule has 3 heteroatoms. The Bertz CT molecular complexity index is 396. The van der Waals surface area contributed by atoms with Crippen molar-refractivity contribution < 1.29 is 4.79 Å². The van der Waals surface area contributed by atoms with Gasteiger partial charge in [-0.1, -0.05) is 23.7 Å². The first-order chi connectivity index (χ1) is 7.06. The second kappa shape index (κ2) is 3.53. The van der Waals surface area contributed by atoms with Crippen molar-refractivity contribution in [3.05, 3.63) is 34.9 Å². The van der Waals surface area contributed by atoms with Gasteiger partial charge in [-0.3, -0.25) is 4.79 Å². The third kappa shape index (κ3) is 1.74. The van der Waals surface area contributed by atoms with Crippen molar-refractivity contribution in [1.82, 2.24) is 4.90 Å². The maximum atomic E-state index is 12.0. The topological polar surface area (TPSA) is 20.3 Å². The van der Waals surface area contributed by atoms with Gasteiger partial charge in [-0.25, -0.2) is 0 Å². The maximum Gasteiger partial charge on any atom is 0.232 e. The molecule has 1 aliphatic rings. The molecule has 0 spiro atoms. The highest BCUT2D eigenvalue weighted by atomic mass is 35.5. The van der Waals surface area contributed by atoms with E-state index in [4.69, 9.17) is 11.6 Å². The minimum absolute atomic E-state index is 0.185. The number of amides is 1. The zero-order chi connectivity index (χ0) is 11.1. The average molecular weight is 224 g/mol. The lowest BCUT2D eigenvalue weighted by molar-refractivity contribution is -0.131. The number of benzene rings is 1. The van der Waals surface area contributed by atoms with E-state index in [1.165, 1.54) is 0 Å². The maximum absolute atomic E-state index is 12.0. The van der Waals surface area contributed by atoms with Crippen molar-refractivity contribution in [2.75, 3.05) is 14.1 Å². The standard InChI is InChI=1S/C12H14ClNO/c1-14(2)11(15)12(6-7-12)9-4-3-5-10(13)8-9/h3-5,8H,6-7H2,1-2H3. The molecular formula is C12H14ClNO. The van der Waals surface area contributed by atoms with Gasteiger partial charge in [-0.05, 0) is 30.5 Å². The van der Waals surface area contributed by atoms with Crippen LogP contribution >= 0.6 is 11.6 Å². The monoisotopic (exact) mass is 223 g/mol. The molecule has 0 aliphatic heterocycles. The van der Waals surface area contributed by atoms with E-state index in [0.29, 0.717) is 5.02 Å². The number of hydrogen-bond acceptors (Lipinski definition) is 1. The van der Waals surface area contributed by atoms with Gasteiger partial charge in [-0.15, -0.1) is 0 Å². The zero-order valence-electron chi connectivity index (χ0n) is 8.96. The molecule has 0 bridgehead atoms. The van der Waals surface area contributed by atoms with Crippen LogP contribution in [0, 0.1) is 0 Å². The van der Waals surface area contributed by atoms with Crippen LogP contribution in [0.25, 0.3) is 0 Å². The Morgan fingerprint density at radius 2 is 2.07 bits per heavy atom. The van der Waals surface area contributed by atoms with Crippen LogP contribution in [0.5, 0.6) is 0 Å². The van der Waals surface area contributed by atoms with Crippen LogP contribution in [-0.4, -0.2) is 24.9 Å². The molecule has 1 amide bonds. The number of carbonyl (C=O) groups excluding carboxylic acids is 1. The Kier molecular flexibility index (Phi) is 2.47. The summed E-state index contributed by atoms with van der Waals surface area (Å²) in [7, 11) is 3.60. The van der Waals surface area contributed by atoms with Crippen LogP contribution in [0.2, 0.25) is 5.02 Å². The van der Waals surface area contributed by atoms with Gasteiger partial charge in [0, 0.05) is 19.1 Å². The molecule has 1 aromatic carbocycles. The molecule has 0 aromatic heterocycles. The Labute approximate surface area is 94.8 Å². The van der Waals surface area contributed by atoms with E-state index in [1.807, 2.05) is 24.3 Å². The highest BCUT2D eigenvalue weighted by Crippen LogP contribution is 2.49. The SMILES string of the molecule is CN(C)C(=O)C1(c2cccc(Cl)c2)CC1. The lowest BCUT2D eigenvalue weighted by Crippen LogP contribution is -2.33. The molecule has 15 heavy (non-hydrogen) atoms. The smallest absolute Gasteiger partial charge is 0.232 e. The number of carbonyl (C=O) groups is 1. The van der Waals surface area contributed by atoms with E-state index in [2.05, 4.69) is 0 Å². The van der Waals surface area contributed by atoms with Gasteiger partial charge in [0.2, 0.25) is 5.91 Å². The van der Waals surface area contributed by atoms with Gasteiger partial charge in [0.15, 0.2) is 0 Å². The van der Waals surface area contributed by atoms with E-state index in [-0.39, 0.29) is 11.3 Å². The largest absolute Gasteiger partial charge is 0.348 e. The van der Waals surface area contributed by atoms with Gasteiger partial charge in [-0.2, -0.15) is 0 Å². The molecular weight excluding hydrogens is 210 g/mol. The van der Waals surface area contributed by atoms with Gasteiger partial charge < -0.3 is 4.90 Å². The van der Waals surface area contributed by atoms with Crippen LogP contribution in [-0.2, 0) is 10.2 Å². The molecule has 0 saturated heterocycles. The molecule has 1 fully saturated rings. The van der Waals surface area contributed by atoms with Crippen LogP contribution in [0.1, 0.15) is 18.4 Å². The molecule has 0 atom stereocenters. The predicted octanol–water partition coefficient (Wildman–Crippen LogP) is 2.46. The van der Waals surface area contributed by atoms with Crippen molar-refractivity contribution in [2.24, 2.45) is 0 Å². The fourth-order valence-electron chi connectivity index (χ4n) is 1.97. The summed E-state index contributed by atoms with van der Waals surface area (Å²) in [5, 5.41) is 0.699. The summed E-state index contributed by atoms with van der Waals surface area (Å²) in [6.45, 7) is 0. The second-order valence-electron chi connectivity index (χ2n) is 4.29. The van der Waals surface area contributed by atoms with E-state index in [0.717, 1.165) is 18.4 Å². The Morgan fingerprint density at radius 3 is 2.53 bits per heavy atom. The number of likely N-dealkylation sites (N-methyl/N-ethyl adjacent to an activating group) is 1. The number of rotatable bonds is 2. The Hall–Kier alpha value is -1.02. The molecule has 1 aromatic rings. The Morgan fingerprint density at radius 1 is 1.40 bits per heavy atom. The van der Waals surface area contributed by atoms with Crippen LogP contribution < -0.4 is 0 Å². The van der Waals surface area contributed by atoms with E-state index in [1.54, 1.807) is 19.0 Å². The van der Waals surface area contributed by atoms with Gasteiger partial charge in [0.1, 0.15) is 0 Å². The van der Waals surface area contributed by atoms with E-state index < -0.39 is 0 Å². The molecule has 0 N–H and O–H groups in total. The van der Waals surface area contributed by atoms with Crippen molar-refractivity contribution >= 4 is 17.5 Å². The highest BCUT2D eigenvalue weighted by molar-refractivity contribution is 6.30. The predicted molar refractivity (Wildman–Crippen MR) is 61.1 cm³/mol. The summed E-state index contributed by atoms with van der Waals surface area (Å²) < 4.78 is 0. The number of nitrogens with zero attached hydrogens (tertiary/aromatic N) is 1. The van der Waals surface area contributed by atoms with Crippen molar-refractivity contribution in [2.45, 2.75) is 18.3 Å². The van der Waals surface area contributed by atoms with Crippen LogP contribution in [0.4, 0.5) is 0 Å². The summed E-state index contributed by atoms with van der Waals surface area (Å²) >= 11 is 5.94. The highest BCUT2D eigenvalue weighted by Gasteiger charge is 2.51. The zero-order valence-corrected chi connectivity index (χ0v) is 9.71. The first-order valence-electron chi connectivity index (χ1n) is 5.04. The van der Waals surface area contributed by atoms with E-state index >= 15 is 0 Å². The van der Waals surface area contributed by atoms with Crippen molar-refractivity contribution in [1.29, 1.82) is 0 Å². The summed E-state index contributed by atoms with van der Waals surface area (Å²) in [6.07, 6.45) is 1.87. The third-order valence-corrected chi connectivity index (χ3v) is 3.18. The van der Waals surface area contributed by atoms with Gasteiger partial charge in [0.05, 0.1) is 5.41 Å². The summed E-state index contributed by atoms with van der Waals surface area (Å²) in [5.41, 5.74) is 0.766. The first kappa shape index (κ1) is 10.5. The summed E-state index contributed by atoms with van der Waals surface area (Å²) in [6, 6.07) is 7.62. The Balaban J connectivity index is 2.35. The first-order valence-corrected chi connectivity index (χ1v) is 5.42. The molecule has 0 radical (unpaired) electrons. The molecule has 0 heterocycles. The molecule has 2 nitrogen and oxygen atoms in total. The summed E-state index contributed by atoms with van der Waals surface area (Å²) in [4.78, 5) is 13.7. The fourth-order valence-corrected chi connectivity index (χ4v) is 2.16. The molecule has 0 unspecified atom stereocenters. The second-order valence-corrected chi connectivity index (χ2v) is 4.73. The lowest BCUT2D eigenvalue weighted by Gasteiger charge is -2.20. The molecule has 80 valence electrons. The molecule has 1 aliphatic carbocycles. The van der Waals surface area contributed by atoms with Crippen LogP contribution in [0.15, 0.2) is 24.3 Å². The molecule has 2 rings (SSSR count). The fraction of sp³-hybridized carbons (Fsp3) is 0.417. The normalized spacial score (nSPS) is 17.3. The summed E-state index contributed by atoms with van der Waals surface area (Å²) in [5.74, 6) is 0.185. The van der Waals surface area contributed by atoms with Crippen LogP contribution in [0.3, 0.4) is 0 Å². The number of hydrogen-bond donors (Lipinski definition) is 0. The minimum Gasteiger partial charge on any atom is -0.348 e. The average Bonchev–Trinajstić information content (AvgIpc) is 2.97. The lowest BCUT2D eigenvalue weighted by atomic mass is 9.95. The van der Waals surface area contributed by atoms with Crippen molar-refractivity contribution in [3.63, 3.8) is 0 Å². The van der Waals surface area contributed by atoms with Gasteiger partial charge >= 0.3 is 0 Å². The molecule has 1 saturated carbocycles. The van der Waals surface area contributed by atoms with Crippen molar-refractivity contribution in [3.8, 4) is 0 Å².